The Morgan fingerprint density at radius 3 is 2.59 bits per heavy atom. The van der Waals surface area contributed by atoms with Crippen LogP contribution >= 0.6 is 11.6 Å². The summed E-state index contributed by atoms with van der Waals surface area (Å²) in [7, 11) is 0. The molecule has 1 amide bonds. The van der Waals surface area contributed by atoms with Gasteiger partial charge in [0.05, 0.1) is 0 Å². The molecule has 0 bridgehead atoms. The molecule has 2 aromatic carbocycles. The van der Waals surface area contributed by atoms with E-state index in [1.165, 1.54) is 18.4 Å². The van der Waals surface area contributed by atoms with Crippen molar-refractivity contribution in [3.05, 3.63) is 64.7 Å². The highest BCUT2D eigenvalue weighted by atomic mass is 35.5. The molecule has 0 unspecified atom stereocenters. The highest BCUT2D eigenvalue weighted by Crippen LogP contribution is 2.20. The predicted molar refractivity (Wildman–Crippen MR) is 109 cm³/mol. The summed E-state index contributed by atoms with van der Waals surface area (Å²) in [6.07, 6.45) is 2.61. The van der Waals surface area contributed by atoms with Gasteiger partial charge in [0.15, 0.2) is 6.10 Å². The fourth-order valence-corrected chi connectivity index (χ4v) is 3.57. The SMILES string of the molecule is CC[C@H](Oc1cccc(Cl)c1)C(=O)NCc1ccccc1CN1CCCC1. The van der Waals surface area contributed by atoms with Crippen LogP contribution in [0.1, 0.15) is 37.3 Å². The molecule has 1 heterocycles. The molecule has 0 aliphatic carbocycles. The summed E-state index contributed by atoms with van der Waals surface area (Å²) in [5.74, 6) is 0.507. The van der Waals surface area contributed by atoms with Gasteiger partial charge in [0, 0.05) is 18.1 Å². The van der Waals surface area contributed by atoms with Crippen molar-refractivity contribution in [3.63, 3.8) is 0 Å². The number of rotatable bonds is 8. The van der Waals surface area contributed by atoms with Crippen LogP contribution in [0.5, 0.6) is 5.75 Å². The van der Waals surface area contributed by atoms with Crippen LogP contribution in [0.4, 0.5) is 0 Å². The van der Waals surface area contributed by atoms with Crippen molar-refractivity contribution in [2.75, 3.05) is 13.1 Å². The summed E-state index contributed by atoms with van der Waals surface area (Å²) in [6, 6.07) is 15.5. The van der Waals surface area contributed by atoms with Crippen molar-refractivity contribution in [1.29, 1.82) is 0 Å². The number of ether oxygens (including phenoxy) is 1. The lowest BCUT2D eigenvalue weighted by Gasteiger charge is -2.20. The molecule has 1 atom stereocenters. The molecule has 1 aliphatic heterocycles. The third-order valence-electron chi connectivity index (χ3n) is 4.90. The molecule has 1 fully saturated rings. The molecule has 3 rings (SSSR count). The van der Waals surface area contributed by atoms with Gasteiger partial charge in [-0.15, -0.1) is 0 Å². The van der Waals surface area contributed by atoms with Gasteiger partial charge in [-0.2, -0.15) is 0 Å². The molecule has 2 aromatic rings. The van der Waals surface area contributed by atoms with E-state index in [2.05, 4.69) is 28.4 Å². The van der Waals surface area contributed by atoms with Crippen molar-refractivity contribution in [2.24, 2.45) is 0 Å². The number of halogens is 1. The molecule has 27 heavy (non-hydrogen) atoms. The van der Waals surface area contributed by atoms with Crippen molar-refractivity contribution in [1.82, 2.24) is 10.2 Å². The molecule has 0 saturated carbocycles. The summed E-state index contributed by atoms with van der Waals surface area (Å²) in [5, 5.41) is 3.63. The number of nitrogens with zero attached hydrogens (tertiary/aromatic N) is 1. The molecule has 1 aliphatic rings. The molecular formula is C22H27ClN2O2. The minimum absolute atomic E-state index is 0.103. The summed E-state index contributed by atoms with van der Waals surface area (Å²) in [4.78, 5) is 15.1. The Kier molecular flexibility index (Phi) is 7.13. The molecule has 0 spiro atoms. The molecular weight excluding hydrogens is 360 g/mol. The van der Waals surface area contributed by atoms with E-state index in [1.54, 1.807) is 12.1 Å². The Balaban J connectivity index is 1.59. The lowest BCUT2D eigenvalue weighted by Crippen LogP contribution is -2.37. The van der Waals surface area contributed by atoms with Gasteiger partial charge in [-0.3, -0.25) is 9.69 Å². The number of hydrogen-bond donors (Lipinski definition) is 1. The Bertz CT molecular complexity index is 759. The molecule has 144 valence electrons. The van der Waals surface area contributed by atoms with Gasteiger partial charge in [0.2, 0.25) is 0 Å². The first kappa shape index (κ1) is 19.7. The minimum Gasteiger partial charge on any atom is -0.481 e. The maximum atomic E-state index is 12.6. The van der Waals surface area contributed by atoms with Crippen molar-refractivity contribution >= 4 is 17.5 Å². The van der Waals surface area contributed by atoms with E-state index in [9.17, 15) is 4.79 Å². The standard InChI is InChI=1S/C22H27ClN2O2/c1-2-21(27-20-11-7-10-19(23)14-20)22(26)24-15-17-8-3-4-9-18(17)16-25-12-5-6-13-25/h3-4,7-11,14,21H,2,5-6,12-13,15-16H2,1H3,(H,24,26)/t21-/m0/s1. The first-order valence-corrected chi connectivity index (χ1v) is 10.0. The lowest BCUT2D eigenvalue weighted by atomic mass is 10.1. The van der Waals surface area contributed by atoms with E-state index in [0.717, 1.165) is 25.2 Å². The van der Waals surface area contributed by atoms with Crippen LogP contribution in [-0.2, 0) is 17.9 Å². The van der Waals surface area contributed by atoms with Gasteiger partial charge in [-0.25, -0.2) is 0 Å². The van der Waals surface area contributed by atoms with Crippen LogP contribution in [-0.4, -0.2) is 30.0 Å². The van der Waals surface area contributed by atoms with E-state index >= 15 is 0 Å². The third-order valence-corrected chi connectivity index (χ3v) is 5.14. The fourth-order valence-electron chi connectivity index (χ4n) is 3.39. The molecule has 0 aromatic heterocycles. The lowest BCUT2D eigenvalue weighted by molar-refractivity contribution is -0.128. The zero-order valence-corrected chi connectivity index (χ0v) is 16.5. The summed E-state index contributed by atoms with van der Waals surface area (Å²) in [5.41, 5.74) is 2.44. The van der Waals surface area contributed by atoms with Gasteiger partial charge >= 0.3 is 0 Å². The Morgan fingerprint density at radius 1 is 1.15 bits per heavy atom. The minimum atomic E-state index is -0.533. The number of nitrogens with one attached hydrogen (secondary N) is 1. The maximum Gasteiger partial charge on any atom is 0.261 e. The second kappa shape index (κ2) is 9.77. The van der Waals surface area contributed by atoms with Crippen LogP contribution in [0, 0.1) is 0 Å². The molecule has 0 radical (unpaired) electrons. The van der Waals surface area contributed by atoms with Crippen LogP contribution in [0.3, 0.4) is 0 Å². The number of hydrogen-bond acceptors (Lipinski definition) is 3. The molecule has 1 saturated heterocycles. The van der Waals surface area contributed by atoms with Crippen LogP contribution in [0.2, 0.25) is 5.02 Å². The van der Waals surface area contributed by atoms with E-state index in [4.69, 9.17) is 16.3 Å². The highest BCUT2D eigenvalue weighted by molar-refractivity contribution is 6.30. The highest BCUT2D eigenvalue weighted by Gasteiger charge is 2.19. The van der Waals surface area contributed by atoms with E-state index in [-0.39, 0.29) is 5.91 Å². The van der Waals surface area contributed by atoms with E-state index in [1.807, 2.05) is 25.1 Å². The molecule has 1 N–H and O–H groups in total. The van der Waals surface area contributed by atoms with Gasteiger partial charge in [-0.1, -0.05) is 48.9 Å². The Labute approximate surface area is 166 Å². The zero-order valence-electron chi connectivity index (χ0n) is 15.8. The quantitative estimate of drug-likeness (QED) is 0.730. The smallest absolute Gasteiger partial charge is 0.261 e. The monoisotopic (exact) mass is 386 g/mol. The summed E-state index contributed by atoms with van der Waals surface area (Å²) < 4.78 is 5.83. The fraction of sp³-hybridized carbons (Fsp3) is 0.409. The van der Waals surface area contributed by atoms with Crippen LogP contribution < -0.4 is 10.1 Å². The number of likely N-dealkylation sites (tertiary alicyclic amines) is 1. The van der Waals surface area contributed by atoms with Crippen LogP contribution in [0.15, 0.2) is 48.5 Å². The largest absolute Gasteiger partial charge is 0.481 e. The topological polar surface area (TPSA) is 41.6 Å². The average molecular weight is 387 g/mol. The van der Waals surface area contributed by atoms with Crippen LogP contribution in [0.25, 0.3) is 0 Å². The first-order chi connectivity index (χ1) is 13.2. The Morgan fingerprint density at radius 2 is 1.89 bits per heavy atom. The summed E-state index contributed by atoms with van der Waals surface area (Å²) >= 11 is 5.99. The maximum absolute atomic E-state index is 12.6. The van der Waals surface area contributed by atoms with E-state index < -0.39 is 6.10 Å². The van der Waals surface area contributed by atoms with Gasteiger partial charge in [-0.05, 0) is 61.7 Å². The normalized spacial score (nSPS) is 15.5. The van der Waals surface area contributed by atoms with Crippen molar-refractivity contribution in [3.8, 4) is 5.75 Å². The van der Waals surface area contributed by atoms with Crippen molar-refractivity contribution < 1.29 is 9.53 Å². The molecule has 5 heteroatoms. The number of benzene rings is 2. The number of carbonyl (C=O) groups is 1. The van der Waals surface area contributed by atoms with Gasteiger partial charge < -0.3 is 10.1 Å². The predicted octanol–water partition coefficient (Wildman–Crippen LogP) is 4.41. The molecule has 4 nitrogen and oxygen atoms in total. The van der Waals surface area contributed by atoms with E-state index in [0.29, 0.717) is 23.7 Å². The van der Waals surface area contributed by atoms with Crippen molar-refractivity contribution in [2.45, 2.75) is 45.4 Å². The zero-order chi connectivity index (χ0) is 19.1. The Hall–Kier alpha value is -2.04. The summed E-state index contributed by atoms with van der Waals surface area (Å²) in [6.45, 7) is 5.72. The average Bonchev–Trinajstić information content (AvgIpc) is 3.18. The van der Waals surface area contributed by atoms with Gasteiger partial charge in [0.25, 0.3) is 5.91 Å². The second-order valence-corrected chi connectivity index (χ2v) is 7.38. The number of amides is 1. The second-order valence-electron chi connectivity index (χ2n) is 6.94. The third kappa shape index (κ3) is 5.72. The first-order valence-electron chi connectivity index (χ1n) is 9.65. The van der Waals surface area contributed by atoms with Gasteiger partial charge in [0.1, 0.15) is 5.75 Å². The number of carbonyl (C=O) groups excluding carboxylic acids is 1.